The van der Waals surface area contributed by atoms with E-state index in [1.54, 1.807) is 12.1 Å². The summed E-state index contributed by atoms with van der Waals surface area (Å²) < 4.78 is 31.8. The number of anilines is 1. The predicted molar refractivity (Wildman–Crippen MR) is 86.4 cm³/mol. The van der Waals surface area contributed by atoms with Gasteiger partial charge in [0, 0.05) is 12.4 Å². The standard InChI is InChI=1S/C15H21NO3S2/c1-11-3-2-4-13(14(11)16)21(17,18)12-5-7-19-15(9-12)6-8-20-10-15/h2-4,12H,5-10,16H2,1H3. The SMILES string of the molecule is Cc1cccc(S(=O)(=O)C2CCOC3(CCSC3)C2)c1N. The molecule has 2 unspecified atom stereocenters. The van der Waals surface area contributed by atoms with E-state index in [1.807, 2.05) is 24.8 Å². The average Bonchev–Trinajstić information content (AvgIpc) is 2.89. The van der Waals surface area contributed by atoms with Crippen LogP contribution in [0.3, 0.4) is 0 Å². The first-order chi connectivity index (χ1) is 9.95. The zero-order valence-corrected chi connectivity index (χ0v) is 13.8. The number of hydrogen-bond acceptors (Lipinski definition) is 5. The molecule has 0 amide bonds. The maximum atomic E-state index is 13.0. The van der Waals surface area contributed by atoms with E-state index in [9.17, 15) is 8.42 Å². The Kier molecular flexibility index (Phi) is 3.96. The van der Waals surface area contributed by atoms with Gasteiger partial charge in [-0.3, -0.25) is 0 Å². The highest BCUT2D eigenvalue weighted by molar-refractivity contribution is 7.99. The number of thioether (sulfide) groups is 1. The Hall–Kier alpha value is -0.720. The largest absolute Gasteiger partial charge is 0.397 e. The van der Waals surface area contributed by atoms with Gasteiger partial charge in [0.25, 0.3) is 0 Å². The van der Waals surface area contributed by atoms with Gasteiger partial charge in [0.15, 0.2) is 9.84 Å². The number of benzene rings is 1. The maximum Gasteiger partial charge on any atom is 0.183 e. The smallest absolute Gasteiger partial charge is 0.183 e. The van der Waals surface area contributed by atoms with Crippen molar-refractivity contribution in [1.29, 1.82) is 0 Å². The van der Waals surface area contributed by atoms with Crippen molar-refractivity contribution >= 4 is 27.3 Å². The lowest BCUT2D eigenvalue weighted by Gasteiger charge is -2.37. The molecule has 2 fully saturated rings. The van der Waals surface area contributed by atoms with Gasteiger partial charge in [-0.15, -0.1) is 0 Å². The van der Waals surface area contributed by atoms with Crippen molar-refractivity contribution in [2.45, 2.75) is 41.9 Å². The van der Waals surface area contributed by atoms with Crippen LogP contribution in [-0.4, -0.2) is 37.4 Å². The van der Waals surface area contributed by atoms with Crippen LogP contribution in [0.5, 0.6) is 0 Å². The lowest BCUT2D eigenvalue weighted by molar-refractivity contribution is -0.0572. The van der Waals surface area contributed by atoms with Crippen LogP contribution in [0, 0.1) is 6.92 Å². The Morgan fingerprint density at radius 1 is 1.43 bits per heavy atom. The van der Waals surface area contributed by atoms with Gasteiger partial charge in [-0.1, -0.05) is 12.1 Å². The molecule has 116 valence electrons. The molecule has 2 aliphatic rings. The molecule has 2 saturated heterocycles. The summed E-state index contributed by atoms with van der Waals surface area (Å²) in [6, 6.07) is 5.23. The molecule has 3 rings (SSSR count). The van der Waals surface area contributed by atoms with E-state index in [4.69, 9.17) is 10.5 Å². The fourth-order valence-electron chi connectivity index (χ4n) is 3.19. The number of sulfone groups is 1. The van der Waals surface area contributed by atoms with Crippen molar-refractivity contribution in [3.05, 3.63) is 23.8 Å². The molecule has 21 heavy (non-hydrogen) atoms. The van der Waals surface area contributed by atoms with Crippen LogP contribution in [0.15, 0.2) is 23.1 Å². The van der Waals surface area contributed by atoms with Gasteiger partial charge in [-0.05, 0) is 43.6 Å². The molecule has 2 atom stereocenters. The highest BCUT2D eigenvalue weighted by Crippen LogP contribution is 2.41. The van der Waals surface area contributed by atoms with Gasteiger partial charge < -0.3 is 10.5 Å². The number of hydrogen-bond donors (Lipinski definition) is 1. The molecule has 0 aromatic heterocycles. The molecule has 6 heteroatoms. The first kappa shape index (κ1) is 15.2. The Balaban J connectivity index is 1.93. The van der Waals surface area contributed by atoms with E-state index in [2.05, 4.69) is 0 Å². The zero-order chi connectivity index (χ0) is 15.1. The molecule has 2 N–H and O–H groups in total. The van der Waals surface area contributed by atoms with Gasteiger partial charge in [0.2, 0.25) is 0 Å². The summed E-state index contributed by atoms with van der Waals surface area (Å²) in [5.41, 5.74) is 6.97. The van der Waals surface area contributed by atoms with Gasteiger partial charge >= 0.3 is 0 Å². The van der Waals surface area contributed by atoms with E-state index < -0.39 is 9.84 Å². The summed E-state index contributed by atoms with van der Waals surface area (Å²) in [5.74, 6) is 1.96. The van der Waals surface area contributed by atoms with Crippen LogP contribution in [0.4, 0.5) is 5.69 Å². The van der Waals surface area contributed by atoms with E-state index in [1.165, 1.54) is 0 Å². The van der Waals surface area contributed by atoms with Crippen molar-refractivity contribution in [3.8, 4) is 0 Å². The van der Waals surface area contributed by atoms with E-state index in [-0.39, 0.29) is 15.7 Å². The van der Waals surface area contributed by atoms with Gasteiger partial charge in [-0.2, -0.15) is 11.8 Å². The molecule has 0 radical (unpaired) electrons. The highest BCUT2D eigenvalue weighted by atomic mass is 32.2. The Bertz CT molecular complexity index is 636. The second-order valence-electron chi connectivity index (χ2n) is 5.98. The van der Waals surface area contributed by atoms with Crippen LogP contribution in [0.1, 0.15) is 24.8 Å². The predicted octanol–water partition coefficient (Wildman–Crippen LogP) is 2.41. The highest BCUT2D eigenvalue weighted by Gasteiger charge is 2.45. The normalized spacial score (nSPS) is 29.9. The third-order valence-electron chi connectivity index (χ3n) is 4.54. The number of ether oxygens (including phenoxy) is 1. The molecule has 0 saturated carbocycles. The second-order valence-corrected chi connectivity index (χ2v) is 9.28. The summed E-state index contributed by atoms with van der Waals surface area (Å²) in [7, 11) is -3.39. The minimum Gasteiger partial charge on any atom is -0.397 e. The van der Waals surface area contributed by atoms with Gasteiger partial charge in [0.05, 0.1) is 21.4 Å². The lowest BCUT2D eigenvalue weighted by atomic mass is 9.93. The van der Waals surface area contributed by atoms with E-state index >= 15 is 0 Å². The first-order valence-electron chi connectivity index (χ1n) is 7.25. The average molecular weight is 327 g/mol. The number of para-hydroxylation sites is 1. The quantitative estimate of drug-likeness (QED) is 0.845. The molecular weight excluding hydrogens is 306 g/mol. The monoisotopic (exact) mass is 327 g/mol. The zero-order valence-electron chi connectivity index (χ0n) is 12.2. The fourth-order valence-corrected chi connectivity index (χ4v) is 6.60. The number of rotatable bonds is 2. The Labute approximate surface area is 130 Å². The van der Waals surface area contributed by atoms with Gasteiger partial charge in [0.1, 0.15) is 0 Å². The first-order valence-corrected chi connectivity index (χ1v) is 9.95. The van der Waals surface area contributed by atoms with Crippen LogP contribution in [0.2, 0.25) is 0 Å². The summed E-state index contributed by atoms with van der Waals surface area (Å²) in [4.78, 5) is 0.287. The Morgan fingerprint density at radius 3 is 2.95 bits per heavy atom. The minimum absolute atomic E-state index is 0.237. The van der Waals surface area contributed by atoms with Gasteiger partial charge in [-0.25, -0.2) is 8.42 Å². The van der Waals surface area contributed by atoms with Crippen LogP contribution >= 0.6 is 11.8 Å². The van der Waals surface area contributed by atoms with Crippen molar-refractivity contribution in [3.63, 3.8) is 0 Å². The van der Waals surface area contributed by atoms with Crippen LogP contribution in [-0.2, 0) is 14.6 Å². The summed E-state index contributed by atoms with van der Waals surface area (Å²) in [6.45, 7) is 2.36. The molecule has 0 aliphatic carbocycles. The fraction of sp³-hybridized carbons (Fsp3) is 0.600. The third kappa shape index (κ3) is 2.69. The van der Waals surface area contributed by atoms with Crippen molar-refractivity contribution in [2.24, 2.45) is 0 Å². The Morgan fingerprint density at radius 2 is 2.24 bits per heavy atom. The van der Waals surface area contributed by atoms with E-state index in [0.29, 0.717) is 25.1 Å². The molecule has 2 aliphatic heterocycles. The van der Waals surface area contributed by atoms with Crippen molar-refractivity contribution in [1.82, 2.24) is 0 Å². The maximum absolute atomic E-state index is 13.0. The molecule has 1 spiro atoms. The van der Waals surface area contributed by atoms with Crippen molar-refractivity contribution < 1.29 is 13.2 Å². The van der Waals surface area contributed by atoms with Crippen molar-refractivity contribution in [2.75, 3.05) is 23.8 Å². The topological polar surface area (TPSA) is 69.4 Å². The number of nitrogen functional groups attached to an aromatic ring is 1. The van der Waals surface area contributed by atoms with E-state index in [0.717, 1.165) is 23.5 Å². The number of aryl methyl sites for hydroxylation is 1. The summed E-state index contributed by atoms with van der Waals surface area (Å²) in [6.07, 6.45) is 2.10. The molecule has 2 heterocycles. The summed E-state index contributed by atoms with van der Waals surface area (Å²) >= 11 is 1.85. The number of nitrogens with two attached hydrogens (primary N) is 1. The minimum atomic E-state index is -3.39. The lowest BCUT2D eigenvalue weighted by Crippen LogP contribution is -2.44. The summed E-state index contributed by atoms with van der Waals surface area (Å²) in [5, 5.41) is -0.381. The van der Waals surface area contributed by atoms with Crippen LogP contribution in [0.25, 0.3) is 0 Å². The molecular formula is C15H21NO3S2. The molecule has 4 nitrogen and oxygen atoms in total. The molecule has 0 bridgehead atoms. The van der Waals surface area contributed by atoms with Crippen LogP contribution < -0.4 is 5.73 Å². The molecule has 1 aromatic rings. The second kappa shape index (κ2) is 5.48. The third-order valence-corrected chi connectivity index (χ3v) is 8.02. The molecule has 1 aromatic carbocycles.